The quantitative estimate of drug-likeness (QED) is 0.399. The first kappa shape index (κ1) is 23.0. The van der Waals surface area contributed by atoms with Crippen LogP contribution in [0.1, 0.15) is 33.1 Å². The number of nitrogens with one attached hydrogen (secondary N) is 1. The number of furan rings is 1. The van der Waals surface area contributed by atoms with Crippen molar-refractivity contribution >= 4 is 17.3 Å². The van der Waals surface area contributed by atoms with Crippen LogP contribution in [0.5, 0.6) is 0 Å². The highest BCUT2D eigenvalue weighted by molar-refractivity contribution is 6.05. The molecule has 0 saturated carbocycles. The number of anilines is 2. The Morgan fingerprint density at radius 3 is 2.31 bits per heavy atom. The number of nitrogens with zero attached hydrogens (tertiary/aromatic N) is 3. The summed E-state index contributed by atoms with van der Waals surface area (Å²) in [6.45, 7) is 9.70. The highest BCUT2D eigenvalue weighted by Gasteiger charge is 2.19. The van der Waals surface area contributed by atoms with Gasteiger partial charge in [-0.1, -0.05) is 30.3 Å². The molecule has 0 bridgehead atoms. The second kappa shape index (κ2) is 10.2. The average Bonchev–Trinajstić information content (AvgIpc) is 3.50. The fourth-order valence-electron chi connectivity index (χ4n) is 4.79. The van der Waals surface area contributed by atoms with E-state index in [1.807, 2.05) is 44.2 Å². The van der Waals surface area contributed by atoms with Crippen LogP contribution >= 0.6 is 0 Å². The molecule has 2 aromatic heterocycles. The largest absolute Gasteiger partial charge is 0.467 e. The summed E-state index contributed by atoms with van der Waals surface area (Å²) in [5.41, 5.74) is 6.01. The van der Waals surface area contributed by atoms with Gasteiger partial charge in [0.2, 0.25) is 0 Å². The lowest BCUT2D eigenvalue weighted by atomic mass is 10.2. The monoisotopic (exact) mass is 468 g/mol. The van der Waals surface area contributed by atoms with Gasteiger partial charge in [0, 0.05) is 55.5 Å². The van der Waals surface area contributed by atoms with Crippen molar-refractivity contribution in [1.29, 1.82) is 0 Å². The van der Waals surface area contributed by atoms with Crippen LogP contribution in [0.4, 0.5) is 11.4 Å². The Labute approximate surface area is 206 Å². The van der Waals surface area contributed by atoms with E-state index in [1.165, 1.54) is 11.3 Å². The third-order valence-electron chi connectivity index (χ3n) is 6.82. The van der Waals surface area contributed by atoms with E-state index in [9.17, 15) is 4.79 Å². The van der Waals surface area contributed by atoms with Gasteiger partial charge in [0.15, 0.2) is 0 Å². The second-order valence-electron chi connectivity index (χ2n) is 9.20. The smallest absolute Gasteiger partial charge is 0.257 e. The number of aromatic nitrogens is 1. The second-order valence-corrected chi connectivity index (χ2v) is 9.20. The van der Waals surface area contributed by atoms with Gasteiger partial charge in [-0.25, -0.2) is 0 Å². The predicted molar refractivity (Wildman–Crippen MR) is 140 cm³/mol. The van der Waals surface area contributed by atoms with E-state index in [4.69, 9.17) is 4.42 Å². The Hall–Kier alpha value is -3.77. The van der Waals surface area contributed by atoms with Crippen molar-refractivity contribution < 1.29 is 9.21 Å². The van der Waals surface area contributed by atoms with Gasteiger partial charge in [0.1, 0.15) is 5.76 Å². The molecule has 1 N–H and O–H groups in total. The number of piperazine rings is 1. The van der Waals surface area contributed by atoms with Gasteiger partial charge in [-0.2, -0.15) is 0 Å². The van der Waals surface area contributed by atoms with Gasteiger partial charge in [-0.05, 0) is 61.9 Å². The van der Waals surface area contributed by atoms with Gasteiger partial charge in [0.25, 0.3) is 5.91 Å². The van der Waals surface area contributed by atoms with Crippen LogP contribution in [0, 0.1) is 13.8 Å². The van der Waals surface area contributed by atoms with Gasteiger partial charge in [-0.3, -0.25) is 9.69 Å². The summed E-state index contributed by atoms with van der Waals surface area (Å²) in [7, 11) is 0. The average molecular weight is 469 g/mol. The number of hydrogen-bond donors (Lipinski definition) is 1. The zero-order valence-corrected chi connectivity index (χ0v) is 20.4. The summed E-state index contributed by atoms with van der Waals surface area (Å²) in [6, 6.07) is 24.6. The molecular weight excluding hydrogens is 436 g/mol. The molecule has 6 heteroatoms. The Morgan fingerprint density at radius 1 is 0.886 bits per heavy atom. The van der Waals surface area contributed by atoms with E-state index < -0.39 is 0 Å². The van der Waals surface area contributed by atoms with Crippen LogP contribution in [-0.2, 0) is 13.1 Å². The summed E-state index contributed by atoms with van der Waals surface area (Å²) < 4.78 is 7.58. The van der Waals surface area contributed by atoms with Crippen LogP contribution in [0.2, 0.25) is 0 Å². The molecule has 2 aromatic carbocycles. The van der Waals surface area contributed by atoms with Crippen LogP contribution < -0.4 is 10.2 Å². The lowest BCUT2D eigenvalue weighted by molar-refractivity contribution is 0.102. The minimum absolute atomic E-state index is 0.0916. The first-order valence-electron chi connectivity index (χ1n) is 12.2. The third kappa shape index (κ3) is 5.33. The molecule has 1 amide bonds. The number of benzene rings is 2. The first-order chi connectivity index (χ1) is 17.1. The van der Waals surface area contributed by atoms with Crippen molar-refractivity contribution in [3.63, 3.8) is 0 Å². The van der Waals surface area contributed by atoms with E-state index in [-0.39, 0.29) is 5.91 Å². The van der Waals surface area contributed by atoms with Crippen molar-refractivity contribution in [2.24, 2.45) is 0 Å². The highest BCUT2D eigenvalue weighted by atomic mass is 16.3. The summed E-state index contributed by atoms with van der Waals surface area (Å²) in [4.78, 5) is 17.9. The molecule has 0 aliphatic carbocycles. The van der Waals surface area contributed by atoms with E-state index in [0.717, 1.165) is 55.6 Å². The predicted octanol–water partition coefficient (Wildman–Crippen LogP) is 5.32. The molecule has 1 fully saturated rings. The molecule has 180 valence electrons. The number of amides is 1. The molecule has 1 aliphatic rings. The lowest BCUT2D eigenvalue weighted by Crippen LogP contribution is -2.45. The van der Waals surface area contributed by atoms with Crippen molar-refractivity contribution in [3.8, 4) is 0 Å². The van der Waals surface area contributed by atoms with Crippen LogP contribution in [0.15, 0.2) is 83.5 Å². The number of rotatable bonds is 7. The maximum atomic E-state index is 13.0. The van der Waals surface area contributed by atoms with Gasteiger partial charge >= 0.3 is 0 Å². The Balaban J connectivity index is 1.17. The molecule has 0 atom stereocenters. The normalized spacial score (nSPS) is 14.3. The topological polar surface area (TPSA) is 53.7 Å². The van der Waals surface area contributed by atoms with Crippen LogP contribution in [0.25, 0.3) is 0 Å². The fourth-order valence-corrected chi connectivity index (χ4v) is 4.79. The first-order valence-corrected chi connectivity index (χ1v) is 12.2. The SMILES string of the molecule is Cc1cc(C(=O)Nc2ccc(N3CCN(Cc4ccccc4)CC3)cc2)c(C)n1Cc1ccco1. The van der Waals surface area contributed by atoms with E-state index in [1.54, 1.807) is 6.26 Å². The number of carbonyl (C=O) groups is 1. The molecule has 5 rings (SSSR count). The Morgan fingerprint density at radius 2 is 1.63 bits per heavy atom. The van der Waals surface area contributed by atoms with E-state index >= 15 is 0 Å². The fraction of sp³-hybridized carbons (Fsp3) is 0.276. The molecule has 0 radical (unpaired) electrons. The maximum absolute atomic E-state index is 13.0. The number of aryl methyl sites for hydroxylation is 1. The van der Waals surface area contributed by atoms with Crippen LogP contribution in [-0.4, -0.2) is 41.6 Å². The van der Waals surface area contributed by atoms with Crippen molar-refractivity contribution in [2.75, 3.05) is 36.4 Å². The van der Waals surface area contributed by atoms with Crippen molar-refractivity contribution in [3.05, 3.63) is 107 Å². The molecule has 4 aromatic rings. The lowest BCUT2D eigenvalue weighted by Gasteiger charge is -2.36. The molecule has 0 spiro atoms. The highest BCUT2D eigenvalue weighted by Crippen LogP contribution is 2.22. The Bertz CT molecular complexity index is 1250. The zero-order chi connectivity index (χ0) is 24.2. The van der Waals surface area contributed by atoms with E-state index in [2.05, 4.69) is 62.1 Å². The molecule has 1 saturated heterocycles. The molecule has 6 nitrogen and oxygen atoms in total. The molecule has 1 aliphatic heterocycles. The molecule has 3 heterocycles. The molecule has 35 heavy (non-hydrogen) atoms. The summed E-state index contributed by atoms with van der Waals surface area (Å²) in [5.74, 6) is 0.779. The van der Waals surface area contributed by atoms with Crippen molar-refractivity contribution in [2.45, 2.75) is 26.9 Å². The summed E-state index contributed by atoms with van der Waals surface area (Å²) in [5, 5.41) is 3.06. The minimum Gasteiger partial charge on any atom is -0.467 e. The minimum atomic E-state index is -0.0916. The number of hydrogen-bond acceptors (Lipinski definition) is 4. The molecule has 0 unspecified atom stereocenters. The van der Waals surface area contributed by atoms with Crippen LogP contribution in [0.3, 0.4) is 0 Å². The van der Waals surface area contributed by atoms with Gasteiger partial charge in [-0.15, -0.1) is 0 Å². The van der Waals surface area contributed by atoms with Gasteiger partial charge < -0.3 is 19.2 Å². The summed E-state index contributed by atoms with van der Waals surface area (Å²) in [6.07, 6.45) is 1.67. The van der Waals surface area contributed by atoms with Crippen molar-refractivity contribution in [1.82, 2.24) is 9.47 Å². The van der Waals surface area contributed by atoms with E-state index in [0.29, 0.717) is 12.1 Å². The number of carbonyl (C=O) groups excluding carboxylic acids is 1. The maximum Gasteiger partial charge on any atom is 0.257 e. The van der Waals surface area contributed by atoms with Gasteiger partial charge in [0.05, 0.1) is 18.4 Å². The third-order valence-corrected chi connectivity index (χ3v) is 6.82. The zero-order valence-electron chi connectivity index (χ0n) is 20.4. The standard InChI is InChI=1S/C29H32N4O2/c1-22-19-28(23(2)33(22)21-27-9-6-18-35-27)29(34)30-25-10-12-26(13-11-25)32-16-14-31(15-17-32)20-24-7-4-3-5-8-24/h3-13,18-19H,14-17,20-21H2,1-2H3,(H,30,34). The Kier molecular flexibility index (Phi) is 6.73. The molecular formula is C29H32N4O2. The summed E-state index contributed by atoms with van der Waals surface area (Å²) >= 11 is 0.